The lowest BCUT2D eigenvalue weighted by Gasteiger charge is -2.17. The van der Waals surface area contributed by atoms with Crippen molar-refractivity contribution >= 4 is 17.3 Å². The minimum absolute atomic E-state index is 0.145. The largest absolute Gasteiger partial charge is 0.465 e. The van der Waals surface area contributed by atoms with Crippen molar-refractivity contribution in [2.75, 3.05) is 26.8 Å². The van der Waals surface area contributed by atoms with Crippen LogP contribution in [0.25, 0.3) is 10.6 Å². The molecule has 0 bridgehead atoms. The highest BCUT2D eigenvalue weighted by atomic mass is 32.1. The minimum Gasteiger partial charge on any atom is -0.465 e. The van der Waals surface area contributed by atoms with Crippen molar-refractivity contribution in [3.8, 4) is 10.6 Å². The summed E-state index contributed by atoms with van der Waals surface area (Å²) in [4.78, 5) is 18.3. The Morgan fingerprint density at radius 2 is 2.27 bits per heavy atom. The number of hydrogen-bond donors (Lipinski definition) is 1. The molecular formula is C16H20N2O3S. The molecule has 1 heterocycles. The maximum Gasteiger partial charge on any atom is 0.337 e. The molecule has 0 radical (unpaired) electrons. The van der Waals surface area contributed by atoms with Gasteiger partial charge in [-0.25, -0.2) is 9.78 Å². The number of rotatable bonds is 7. The van der Waals surface area contributed by atoms with Gasteiger partial charge in [-0.05, 0) is 18.7 Å². The molecule has 1 N–H and O–H groups in total. The van der Waals surface area contributed by atoms with Crippen LogP contribution in [0.2, 0.25) is 0 Å². The van der Waals surface area contributed by atoms with Crippen LogP contribution in [0.3, 0.4) is 0 Å². The van der Waals surface area contributed by atoms with E-state index in [0.29, 0.717) is 18.7 Å². The van der Waals surface area contributed by atoms with Crippen LogP contribution in [-0.2, 0) is 11.3 Å². The zero-order valence-electron chi connectivity index (χ0n) is 12.8. The molecule has 1 aromatic heterocycles. The van der Waals surface area contributed by atoms with Gasteiger partial charge in [-0.3, -0.25) is 4.90 Å². The molecule has 0 saturated carbocycles. The van der Waals surface area contributed by atoms with Crippen molar-refractivity contribution in [1.82, 2.24) is 9.88 Å². The van der Waals surface area contributed by atoms with Gasteiger partial charge in [0, 0.05) is 24.0 Å². The highest BCUT2D eigenvalue weighted by Gasteiger charge is 2.11. The summed E-state index contributed by atoms with van der Waals surface area (Å²) in [6.07, 6.45) is 0. The Kier molecular flexibility index (Phi) is 6.06. The minimum atomic E-state index is -0.348. The number of aliphatic hydroxyl groups excluding tert-OH is 1. The molecule has 0 aliphatic heterocycles. The molecule has 0 amide bonds. The molecule has 5 nitrogen and oxygen atoms in total. The number of hydrogen-bond acceptors (Lipinski definition) is 6. The van der Waals surface area contributed by atoms with Crippen molar-refractivity contribution < 1.29 is 14.6 Å². The molecule has 2 rings (SSSR count). The maximum atomic E-state index is 11.6. The molecular weight excluding hydrogens is 300 g/mol. The molecule has 0 aliphatic rings. The number of methoxy groups -OCH3 is 1. The van der Waals surface area contributed by atoms with Gasteiger partial charge in [0.05, 0.1) is 25.0 Å². The summed E-state index contributed by atoms with van der Waals surface area (Å²) in [5, 5.41) is 11.9. The van der Waals surface area contributed by atoms with Crippen molar-refractivity contribution in [3.63, 3.8) is 0 Å². The van der Waals surface area contributed by atoms with Crippen LogP contribution >= 0.6 is 11.3 Å². The van der Waals surface area contributed by atoms with E-state index in [4.69, 9.17) is 9.84 Å². The number of likely N-dealkylation sites (N-methyl/N-ethyl adjacent to an activating group) is 1. The summed E-state index contributed by atoms with van der Waals surface area (Å²) in [5.74, 6) is -0.348. The zero-order chi connectivity index (χ0) is 15.9. The average molecular weight is 320 g/mol. The Balaban J connectivity index is 2.15. The van der Waals surface area contributed by atoms with E-state index < -0.39 is 0 Å². The first-order valence-electron chi connectivity index (χ1n) is 7.14. The first kappa shape index (κ1) is 16.6. The summed E-state index contributed by atoms with van der Waals surface area (Å²) >= 11 is 1.55. The van der Waals surface area contributed by atoms with Gasteiger partial charge in [0.1, 0.15) is 5.01 Å². The molecule has 6 heteroatoms. The van der Waals surface area contributed by atoms with Gasteiger partial charge in [0.15, 0.2) is 0 Å². The van der Waals surface area contributed by atoms with E-state index in [9.17, 15) is 4.79 Å². The smallest absolute Gasteiger partial charge is 0.337 e. The van der Waals surface area contributed by atoms with Gasteiger partial charge in [-0.1, -0.05) is 19.1 Å². The van der Waals surface area contributed by atoms with Gasteiger partial charge < -0.3 is 9.84 Å². The lowest BCUT2D eigenvalue weighted by Crippen LogP contribution is -2.26. The van der Waals surface area contributed by atoms with Crippen molar-refractivity contribution in [2.45, 2.75) is 13.5 Å². The Hall–Kier alpha value is -1.76. The van der Waals surface area contributed by atoms with Gasteiger partial charge in [0.25, 0.3) is 0 Å². The number of carbonyl (C=O) groups excluding carboxylic acids is 1. The number of carbonyl (C=O) groups is 1. The molecule has 0 spiro atoms. The van der Waals surface area contributed by atoms with Gasteiger partial charge in [-0.15, -0.1) is 11.3 Å². The van der Waals surface area contributed by atoms with E-state index in [1.165, 1.54) is 7.11 Å². The fraction of sp³-hybridized carbons (Fsp3) is 0.375. The normalized spacial score (nSPS) is 10.9. The van der Waals surface area contributed by atoms with E-state index in [1.54, 1.807) is 23.5 Å². The van der Waals surface area contributed by atoms with Crippen LogP contribution < -0.4 is 0 Å². The van der Waals surface area contributed by atoms with E-state index in [0.717, 1.165) is 22.8 Å². The third kappa shape index (κ3) is 4.13. The van der Waals surface area contributed by atoms with E-state index >= 15 is 0 Å². The van der Waals surface area contributed by atoms with Crippen LogP contribution in [-0.4, -0.2) is 47.8 Å². The lowest BCUT2D eigenvalue weighted by atomic mass is 10.1. The number of thiazole rings is 1. The standard InChI is InChI=1S/C16H20N2O3S/c1-3-18(7-8-19)10-14-11-22-15(17-14)12-5-4-6-13(9-12)16(20)21-2/h4-6,9,11,19H,3,7-8,10H2,1-2H3. The Bertz CT molecular complexity index is 627. The topological polar surface area (TPSA) is 62.7 Å². The number of aliphatic hydroxyl groups is 1. The van der Waals surface area contributed by atoms with Crippen molar-refractivity contribution in [1.29, 1.82) is 0 Å². The number of benzene rings is 1. The molecule has 0 fully saturated rings. The first-order valence-corrected chi connectivity index (χ1v) is 8.02. The van der Waals surface area contributed by atoms with Crippen molar-refractivity contribution in [3.05, 3.63) is 40.9 Å². The Morgan fingerprint density at radius 3 is 2.95 bits per heavy atom. The van der Waals surface area contributed by atoms with Crippen molar-refractivity contribution in [2.24, 2.45) is 0 Å². The molecule has 22 heavy (non-hydrogen) atoms. The fourth-order valence-electron chi connectivity index (χ4n) is 2.13. The molecule has 0 aliphatic carbocycles. The molecule has 0 atom stereocenters. The number of aromatic nitrogens is 1. The maximum absolute atomic E-state index is 11.6. The molecule has 1 aromatic carbocycles. The van der Waals surface area contributed by atoms with E-state index in [2.05, 4.69) is 16.8 Å². The summed E-state index contributed by atoms with van der Waals surface area (Å²) < 4.78 is 4.74. The second-order valence-corrected chi connectivity index (χ2v) is 5.67. The lowest BCUT2D eigenvalue weighted by molar-refractivity contribution is 0.0601. The molecule has 0 unspecified atom stereocenters. The van der Waals surface area contributed by atoms with Gasteiger partial charge >= 0.3 is 5.97 Å². The van der Waals surface area contributed by atoms with Crippen LogP contribution in [0.5, 0.6) is 0 Å². The van der Waals surface area contributed by atoms with Crippen LogP contribution in [0.1, 0.15) is 23.0 Å². The summed E-state index contributed by atoms with van der Waals surface area (Å²) in [6, 6.07) is 7.27. The highest BCUT2D eigenvalue weighted by molar-refractivity contribution is 7.13. The number of esters is 1. The molecule has 2 aromatic rings. The quantitative estimate of drug-likeness (QED) is 0.794. The average Bonchev–Trinajstić information content (AvgIpc) is 3.02. The molecule has 0 saturated heterocycles. The monoisotopic (exact) mass is 320 g/mol. The zero-order valence-corrected chi connectivity index (χ0v) is 13.6. The Labute approximate surface area is 134 Å². The van der Waals surface area contributed by atoms with E-state index in [1.807, 2.05) is 17.5 Å². The molecule has 118 valence electrons. The predicted octanol–water partition coefficient (Wildman–Crippen LogP) is 2.41. The van der Waals surface area contributed by atoms with Gasteiger partial charge in [0.2, 0.25) is 0 Å². The number of ether oxygens (including phenoxy) is 1. The number of nitrogens with zero attached hydrogens (tertiary/aromatic N) is 2. The van der Waals surface area contributed by atoms with E-state index in [-0.39, 0.29) is 12.6 Å². The Morgan fingerprint density at radius 1 is 1.45 bits per heavy atom. The summed E-state index contributed by atoms with van der Waals surface area (Å²) in [6.45, 7) is 4.42. The van der Waals surface area contributed by atoms with Crippen LogP contribution in [0.15, 0.2) is 29.6 Å². The van der Waals surface area contributed by atoms with Gasteiger partial charge in [-0.2, -0.15) is 0 Å². The summed E-state index contributed by atoms with van der Waals surface area (Å²) in [7, 11) is 1.37. The highest BCUT2D eigenvalue weighted by Crippen LogP contribution is 2.25. The second kappa shape index (κ2) is 8.03. The third-order valence-electron chi connectivity index (χ3n) is 3.33. The fourth-order valence-corrected chi connectivity index (χ4v) is 2.94. The summed E-state index contributed by atoms with van der Waals surface area (Å²) in [5.41, 5.74) is 2.40. The van der Waals surface area contributed by atoms with Crippen LogP contribution in [0.4, 0.5) is 0 Å². The first-order chi connectivity index (χ1) is 10.7. The third-order valence-corrected chi connectivity index (χ3v) is 4.27. The van der Waals surface area contributed by atoms with Crippen LogP contribution in [0, 0.1) is 0 Å². The predicted molar refractivity (Wildman–Crippen MR) is 86.9 cm³/mol. The SMILES string of the molecule is CCN(CCO)Cc1csc(-c2cccc(C(=O)OC)c2)n1. The second-order valence-electron chi connectivity index (χ2n) is 4.81.